The van der Waals surface area contributed by atoms with Gasteiger partial charge in [-0.2, -0.15) is 0 Å². The van der Waals surface area contributed by atoms with E-state index in [4.69, 9.17) is 11.6 Å². The molecule has 0 spiro atoms. The Morgan fingerprint density at radius 2 is 2.05 bits per heavy atom. The Bertz CT molecular complexity index is 558. The van der Waals surface area contributed by atoms with Crippen molar-refractivity contribution in [3.63, 3.8) is 0 Å². The van der Waals surface area contributed by atoms with Crippen molar-refractivity contribution in [2.24, 2.45) is 0 Å². The average Bonchev–Trinajstić information content (AvgIpc) is 2.41. The van der Waals surface area contributed by atoms with Crippen molar-refractivity contribution in [2.75, 3.05) is 7.05 Å². The molecule has 1 unspecified atom stereocenters. The number of nitrogens with zero attached hydrogens (tertiary/aromatic N) is 1. The molecule has 0 fully saturated rings. The van der Waals surface area contributed by atoms with Gasteiger partial charge < -0.3 is 5.32 Å². The fraction of sp³-hybridized carbons (Fsp3) is 0.214. The lowest BCUT2D eigenvalue weighted by Gasteiger charge is -2.16. The van der Waals surface area contributed by atoms with Gasteiger partial charge in [0.2, 0.25) is 0 Å². The van der Waals surface area contributed by atoms with Gasteiger partial charge in [0.15, 0.2) is 0 Å². The highest BCUT2D eigenvalue weighted by atomic mass is 35.5. The molecule has 2 nitrogen and oxygen atoms in total. The van der Waals surface area contributed by atoms with E-state index in [1.807, 2.05) is 0 Å². The summed E-state index contributed by atoms with van der Waals surface area (Å²) in [5.41, 5.74) is 1.05. The van der Waals surface area contributed by atoms with Crippen LogP contribution in [0.2, 0.25) is 5.02 Å². The third kappa shape index (κ3) is 3.49. The number of likely N-dealkylation sites (N-methyl/N-ethyl adjacent to an activating group) is 1. The van der Waals surface area contributed by atoms with Gasteiger partial charge in [0.25, 0.3) is 0 Å². The van der Waals surface area contributed by atoms with E-state index in [0.717, 1.165) is 17.8 Å². The minimum absolute atomic E-state index is 0.200. The monoisotopic (exact) mass is 282 g/mol. The summed E-state index contributed by atoms with van der Waals surface area (Å²) in [5, 5.41) is 3.58. The molecule has 1 atom stereocenters. The molecule has 0 bridgehead atoms. The molecule has 100 valence electrons. The summed E-state index contributed by atoms with van der Waals surface area (Å²) in [7, 11) is 1.75. The molecule has 0 saturated heterocycles. The van der Waals surface area contributed by atoms with Crippen LogP contribution in [0.15, 0.2) is 36.5 Å². The SMILES string of the molecule is CNC(Cc1cc(F)ccc1F)c1ccc(Cl)cn1. The third-order valence-corrected chi connectivity index (χ3v) is 3.11. The molecule has 0 amide bonds. The van der Waals surface area contributed by atoms with Crippen molar-refractivity contribution in [1.29, 1.82) is 0 Å². The normalized spacial score (nSPS) is 12.4. The molecule has 1 aromatic carbocycles. The summed E-state index contributed by atoms with van der Waals surface area (Å²) in [6, 6.07) is 6.72. The zero-order chi connectivity index (χ0) is 13.8. The van der Waals surface area contributed by atoms with Crippen molar-refractivity contribution in [1.82, 2.24) is 10.3 Å². The quantitative estimate of drug-likeness (QED) is 0.928. The van der Waals surface area contributed by atoms with Gasteiger partial charge in [-0.1, -0.05) is 11.6 Å². The van der Waals surface area contributed by atoms with E-state index in [2.05, 4.69) is 10.3 Å². The Labute approximate surface area is 115 Å². The first kappa shape index (κ1) is 13.9. The standard InChI is InChI=1S/C14H13ClF2N2/c1-18-14(13-5-2-10(15)8-19-13)7-9-6-11(16)3-4-12(9)17/h2-6,8,14,18H,7H2,1H3. The zero-order valence-corrected chi connectivity index (χ0v) is 11.1. The molecule has 1 aromatic heterocycles. The number of halogens is 3. The lowest BCUT2D eigenvalue weighted by Crippen LogP contribution is -2.20. The van der Waals surface area contributed by atoms with Gasteiger partial charge in [0.1, 0.15) is 11.6 Å². The molecule has 1 heterocycles. The second-order valence-electron chi connectivity index (χ2n) is 4.18. The number of pyridine rings is 1. The van der Waals surface area contributed by atoms with E-state index >= 15 is 0 Å². The summed E-state index contributed by atoms with van der Waals surface area (Å²) in [4.78, 5) is 4.19. The molecule has 5 heteroatoms. The molecule has 2 aromatic rings. The number of rotatable bonds is 4. The Balaban J connectivity index is 2.23. The summed E-state index contributed by atoms with van der Waals surface area (Å²) in [6.07, 6.45) is 1.85. The van der Waals surface area contributed by atoms with Gasteiger partial charge in [-0.3, -0.25) is 4.98 Å². The highest BCUT2D eigenvalue weighted by Crippen LogP contribution is 2.20. The smallest absolute Gasteiger partial charge is 0.126 e. The fourth-order valence-electron chi connectivity index (χ4n) is 1.87. The predicted molar refractivity (Wildman–Crippen MR) is 71.1 cm³/mol. The van der Waals surface area contributed by atoms with Gasteiger partial charge >= 0.3 is 0 Å². The molecule has 0 saturated carbocycles. The molecule has 0 aliphatic rings. The number of nitrogens with one attached hydrogen (secondary N) is 1. The maximum Gasteiger partial charge on any atom is 0.126 e. The fourth-order valence-corrected chi connectivity index (χ4v) is 1.98. The van der Waals surface area contributed by atoms with E-state index in [-0.39, 0.29) is 6.04 Å². The topological polar surface area (TPSA) is 24.9 Å². The van der Waals surface area contributed by atoms with Crippen molar-refractivity contribution < 1.29 is 8.78 Å². The van der Waals surface area contributed by atoms with Crippen LogP contribution in [-0.2, 0) is 6.42 Å². The summed E-state index contributed by atoms with van der Waals surface area (Å²) < 4.78 is 26.7. The van der Waals surface area contributed by atoms with Crippen LogP contribution in [0, 0.1) is 11.6 Å². The van der Waals surface area contributed by atoms with Gasteiger partial charge in [0.05, 0.1) is 16.8 Å². The average molecular weight is 283 g/mol. The minimum atomic E-state index is -0.449. The van der Waals surface area contributed by atoms with Crippen LogP contribution < -0.4 is 5.32 Å². The van der Waals surface area contributed by atoms with Crippen LogP contribution in [0.3, 0.4) is 0 Å². The Hall–Kier alpha value is -1.52. The molecule has 0 aliphatic heterocycles. The molecular formula is C14H13ClF2N2. The van der Waals surface area contributed by atoms with Crippen LogP contribution in [0.1, 0.15) is 17.3 Å². The lowest BCUT2D eigenvalue weighted by atomic mass is 10.0. The van der Waals surface area contributed by atoms with Gasteiger partial charge in [-0.25, -0.2) is 8.78 Å². The van der Waals surface area contributed by atoms with Gasteiger partial charge in [-0.05, 0) is 49.4 Å². The van der Waals surface area contributed by atoms with Crippen LogP contribution in [0.5, 0.6) is 0 Å². The van der Waals surface area contributed by atoms with Crippen molar-refractivity contribution in [2.45, 2.75) is 12.5 Å². The van der Waals surface area contributed by atoms with Crippen molar-refractivity contribution in [3.05, 3.63) is 64.4 Å². The van der Waals surface area contributed by atoms with Crippen molar-refractivity contribution in [3.8, 4) is 0 Å². The third-order valence-electron chi connectivity index (χ3n) is 2.89. The molecule has 0 aliphatic carbocycles. The van der Waals surface area contributed by atoms with E-state index in [1.54, 1.807) is 19.2 Å². The summed E-state index contributed by atoms with van der Waals surface area (Å²) in [6.45, 7) is 0. The highest BCUT2D eigenvalue weighted by molar-refractivity contribution is 6.30. The van der Waals surface area contributed by atoms with Crippen molar-refractivity contribution >= 4 is 11.6 Å². The van der Waals surface area contributed by atoms with Crippen LogP contribution in [0.25, 0.3) is 0 Å². The molecule has 1 N–H and O–H groups in total. The minimum Gasteiger partial charge on any atom is -0.311 e. The number of hydrogen-bond donors (Lipinski definition) is 1. The van der Waals surface area contributed by atoms with Crippen LogP contribution in [0.4, 0.5) is 8.78 Å². The first-order valence-corrected chi connectivity index (χ1v) is 6.20. The Kier molecular flexibility index (Phi) is 4.45. The second-order valence-corrected chi connectivity index (χ2v) is 4.62. The van der Waals surface area contributed by atoms with Crippen LogP contribution in [-0.4, -0.2) is 12.0 Å². The van der Waals surface area contributed by atoms with E-state index in [0.29, 0.717) is 17.0 Å². The predicted octanol–water partition coefficient (Wildman–Crippen LogP) is 3.52. The molecule has 0 radical (unpaired) electrons. The Morgan fingerprint density at radius 3 is 2.68 bits per heavy atom. The maximum atomic E-state index is 13.6. The summed E-state index contributed by atoms with van der Waals surface area (Å²) >= 11 is 5.77. The molecule has 2 rings (SSSR count). The zero-order valence-electron chi connectivity index (χ0n) is 10.3. The first-order chi connectivity index (χ1) is 9.10. The summed E-state index contributed by atoms with van der Waals surface area (Å²) in [5.74, 6) is -0.870. The Morgan fingerprint density at radius 1 is 1.26 bits per heavy atom. The number of benzene rings is 1. The second kappa shape index (κ2) is 6.08. The lowest BCUT2D eigenvalue weighted by molar-refractivity contribution is 0.536. The molecular weight excluding hydrogens is 270 g/mol. The number of hydrogen-bond acceptors (Lipinski definition) is 2. The van der Waals surface area contributed by atoms with Gasteiger partial charge in [0, 0.05) is 6.20 Å². The largest absolute Gasteiger partial charge is 0.311 e. The number of aromatic nitrogens is 1. The first-order valence-electron chi connectivity index (χ1n) is 5.83. The van der Waals surface area contributed by atoms with E-state index in [1.165, 1.54) is 12.3 Å². The van der Waals surface area contributed by atoms with E-state index < -0.39 is 11.6 Å². The highest BCUT2D eigenvalue weighted by Gasteiger charge is 2.14. The van der Waals surface area contributed by atoms with Crippen LogP contribution >= 0.6 is 11.6 Å². The molecule has 19 heavy (non-hydrogen) atoms. The maximum absolute atomic E-state index is 13.6. The van der Waals surface area contributed by atoms with Gasteiger partial charge in [-0.15, -0.1) is 0 Å². The van der Waals surface area contributed by atoms with E-state index in [9.17, 15) is 8.78 Å².